The van der Waals surface area contributed by atoms with Crippen molar-refractivity contribution in [3.05, 3.63) is 0 Å². The van der Waals surface area contributed by atoms with E-state index in [-0.39, 0.29) is 23.4 Å². The number of nitrogens with one attached hydrogen (secondary N) is 1. The lowest BCUT2D eigenvalue weighted by Crippen LogP contribution is -2.46. The summed E-state index contributed by atoms with van der Waals surface area (Å²) in [6, 6.07) is 0.375. The molecule has 1 aliphatic rings. The van der Waals surface area contributed by atoms with Crippen LogP contribution in [-0.2, 0) is 14.6 Å². The van der Waals surface area contributed by atoms with Crippen molar-refractivity contribution in [3.63, 3.8) is 0 Å². The summed E-state index contributed by atoms with van der Waals surface area (Å²) in [5.41, 5.74) is -0.167. The normalized spacial score (nSPS) is 26.7. The third-order valence-corrected chi connectivity index (χ3v) is 5.15. The van der Waals surface area contributed by atoms with Crippen LogP contribution in [0.4, 0.5) is 0 Å². The van der Waals surface area contributed by atoms with Crippen LogP contribution in [0.5, 0.6) is 0 Å². The van der Waals surface area contributed by atoms with Crippen molar-refractivity contribution < 1.29 is 13.2 Å². The summed E-state index contributed by atoms with van der Waals surface area (Å²) in [5.74, 6) is 0.633. The van der Waals surface area contributed by atoms with Crippen molar-refractivity contribution in [2.45, 2.75) is 57.7 Å². The SMILES string of the molecule is COC(C)(C)CC(C)NC1CCCS(=O)(=O)C1. The molecule has 0 saturated carbocycles. The van der Waals surface area contributed by atoms with Gasteiger partial charge in [0.25, 0.3) is 0 Å². The summed E-state index contributed by atoms with van der Waals surface area (Å²) in [6.45, 7) is 6.17. The molecule has 0 radical (unpaired) electrons. The summed E-state index contributed by atoms with van der Waals surface area (Å²) in [5, 5.41) is 3.41. The maximum absolute atomic E-state index is 11.5. The zero-order chi connectivity index (χ0) is 13.1. The average Bonchev–Trinajstić information content (AvgIpc) is 2.14. The smallest absolute Gasteiger partial charge is 0.151 e. The number of ether oxygens (including phenoxy) is 1. The first-order valence-electron chi connectivity index (χ1n) is 6.26. The van der Waals surface area contributed by atoms with E-state index >= 15 is 0 Å². The Morgan fingerprint density at radius 2 is 2.12 bits per heavy atom. The largest absolute Gasteiger partial charge is 0.379 e. The zero-order valence-electron chi connectivity index (χ0n) is 11.3. The van der Waals surface area contributed by atoms with Crippen LogP contribution in [0.3, 0.4) is 0 Å². The van der Waals surface area contributed by atoms with Crippen LogP contribution in [0.2, 0.25) is 0 Å². The average molecular weight is 263 g/mol. The quantitative estimate of drug-likeness (QED) is 0.813. The predicted molar refractivity (Wildman–Crippen MR) is 70.0 cm³/mol. The van der Waals surface area contributed by atoms with Gasteiger partial charge >= 0.3 is 0 Å². The number of hydrogen-bond donors (Lipinski definition) is 1. The lowest BCUT2D eigenvalue weighted by Gasteiger charge is -2.31. The third kappa shape index (κ3) is 5.36. The van der Waals surface area contributed by atoms with E-state index in [1.165, 1.54) is 0 Å². The molecule has 1 heterocycles. The molecular weight excluding hydrogens is 238 g/mol. The van der Waals surface area contributed by atoms with Crippen LogP contribution in [0.1, 0.15) is 40.0 Å². The van der Waals surface area contributed by atoms with Gasteiger partial charge in [0.1, 0.15) is 0 Å². The summed E-state index contributed by atoms with van der Waals surface area (Å²) >= 11 is 0. The van der Waals surface area contributed by atoms with Gasteiger partial charge in [0, 0.05) is 19.2 Å². The minimum atomic E-state index is -2.82. The van der Waals surface area contributed by atoms with Gasteiger partial charge < -0.3 is 10.1 Å². The molecule has 0 spiro atoms. The second-order valence-corrected chi connectivity index (χ2v) is 7.92. The molecule has 2 unspecified atom stereocenters. The van der Waals surface area contributed by atoms with Gasteiger partial charge in [-0.05, 0) is 40.0 Å². The van der Waals surface area contributed by atoms with Gasteiger partial charge in [0.15, 0.2) is 9.84 Å². The van der Waals surface area contributed by atoms with Gasteiger partial charge in [0.05, 0.1) is 17.1 Å². The molecule has 102 valence electrons. The van der Waals surface area contributed by atoms with E-state index in [4.69, 9.17) is 4.74 Å². The van der Waals surface area contributed by atoms with Crippen molar-refractivity contribution in [3.8, 4) is 0 Å². The second kappa shape index (κ2) is 5.67. The summed E-state index contributed by atoms with van der Waals surface area (Å²) in [4.78, 5) is 0. The molecule has 0 amide bonds. The molecule has 5 heteroatoms. The predicted octanol–water partition coefficient (Wildman–Crippen LogP) is 1.36. The second-order valence-electron chi connectivity index (χ2n) is 5.69. The molecule has 2 atom stereocenters. The van der Waals surface area contributed by atoms with E-state index in [1.807, 2.05) is 13.8 Å². The van der Waals surface area contributed by atoms with Crippen molar-refractivity contribution in [2.24, 2.45) is 0 Å². The highest BCUT2D eigenvalue weighted by atomic mass is 32.2. The Labute approximate surface area is 105 Å². The van der Waals surface area contributed by atoms with Gasteiger partial charge in [0.2, 0.25) is 0 Å². The number of methoxy groups -OCH3 is 1. The maximum Gasteiger partial charge on any atom is 0.151 e. The van der Waals surface area contributed by atoms with E-state index in [1.54, 1.807) is 7.11 Å². The van der Waals surface area contributed by atoms with E-state index in [9.17, 15) is 8.42 Å². The molecule has 17 heavy (non-hydrogen) atoms. The first kappa shape index (κ1) is 14.9. The molecule has 0 aromatic carbocycles. The topological polar surface area (TPSA) is 55.4 Å². The fourth-order valence-electron chi connectivity index (χ4n) is 2.44. The van der Waals surface area contributed by atoms with Crippen LogP contribution in [0.15, 0.2) is 0 Å². The Hall–Kier alpha value is -0.130. The highest BCUT2D eigenvalue weighted by molar-refractivity contribution is 7.91. The van der Waals surface area contributed by atoms with E-state index < -0.39 is 9.84 Å². The molecule has 0 aromatic heterocycles. The molecular formula is C12H25NO3S. The van der Waals surface area contributed by atoms with Crippen LogP contribution in [0, 0.1) is 0 Å². The Morgan fingerprint density at radius 3 is 2.65 bits per heavy atom. The minimum absolute atomic E-state index is 0.108. The standard InChI is InChI=1S/C12H25NO3S/c1-10(8-12(2,3)16-4)13-11-6-5-7-17(14,15)9-11/h10-11,13H,5-9H2,1-4H3. The zero-order valence-corrected chi connectivity index (χ0v) is 12.1. The van der Waals surface area contributed by atoms with Gasteiger partial charge in [-0.15, -0.1) is 0 Å². The minimum Gasteiger partial charge on any atom is -0.379 e. The van der Waals surface area contributed by atoms with Crippen LogP contribution in [-0.4, -0.2) is 44.7 Å². The first-order valence-corrected chi connectivity index (χ1v) is 8.08. The third-order valence-electron chi connectivity index (χ3n) is 3.33. The van der Waals surface area contributed by atoms with Crippen LogP contribution in [0.25, 0.3) is 0 Å². The van der Waals surface area contributed by atoms with Gasteiger partial charge in [-0.25, -0.2) is 8.42 Å². The molecule has 0 aromatic rings. The monoisotopic (exact) mass is 263 g/mol. The van der Waals surface area contributed by atoms with Gasteiger partial charge in [-0.2, -0.15) is 0 Å². The number of rotatable bonds is 5. The van der Waals surface area contributed by atoms with E-state index in [0.29, 0.717) is 5.75 Å². The summed E-state index contributed by atoms with van der Waals surface area (Å²) in [7, 11) is -1.11. The Balaban J connectivity index is 2.43. The lowest BCUT2D eigenvalue weighted by molar-refractivity contribution is 0.00778. The van der Waals surface area contributed by atoms with Gasteiger partial charge in [-0.3, -0.25) is 0 Å². The lowest BCUT2D eigenvalue weighted by atomic mass is 9.99. The van der Waals surface area contributed by atoms with Crippen molar-refractivity contribution >= 4 is 9.84 Å². The molecule has 1 aliphatic heterocycles. The van der Waals surface area contributed by atoms with Crippen molar-refractivity contribution in [1.82, 2.24) is 5.32 Å². The molecule has 0 bridgehead atoms. The molecule has 0 aliphatic carbocycles. The fraction of sp³-hybridized carbons (Fsp3) is 1.00. The van der Waals surface area contributed by atoms with E-state index in [0.717, 1.165) is 19.3 Å². The molecule has 1 rings (SSSR count). The number of sulfone groups is 1. The van der Waals surface area contributed by atoms with Crippen molar-refractivity contribution in [2.75, 3.05) is 18.6 Å². The fourth-order valence-corrected chi connectivity index (χ4v) is 4.09. The molecule has 1 N–H and O–H groups in total. The molecule has 1 saturated heterocycles. The molecule has 1 fully saturated rings. The Kier molecular flexibility index (Phi) is 4.98. The van der Waals surface area contributed by atoms with Crippen LogP contribution >= 0.6 is 0 Å². The van der Waals surface area contributed by atoms with Crippen LogP contribution < -0.4 is 5.32 Å². The van der Waals surface area contributed by atoms with Crippen molar-refractivity contribution in [1.29, 1.82) is 0 Å². The summed E-state index contributed by atoms with van der Waals surface area (Å²) < 4.78 is 28.4. The highest BCUT2D eigenvalue weighted by Crippen LogP contribution is 2.18. The molecule has 4 nitrogen and oxygen atoms in total. The van der Waals surface area contributed by atoms with Gasteiger partial charge in [-0.1, -0.05) is 0 Å². The Morgan fingerprint density at radius 1 is 1.47 bits per heavy atom. The first-order chi connectivity index (χ1) is 7.74. The number of hydrogen-bond acceptors (Lipinski definition) is 4. The maximum atomic E-state index is 11.5. The summed E-state index contributed by atoms with van der Waals surface area (Å²) in [6.07, 6.45) is 2.61. The highest BCUT2D eigenvalue weighted by Gasteiger charge is 2.27. The Bertz CT molecular complexity index is 338. The van der Waals surface area contributed by atoms with E-state index in [2.05, 4.69) is 12.2 Å².